The van der Waals surface area contributed by atoms with Crippen LogP contribution < -0.4 is 15.0 Å². The Morgan fingerprint density at radius 2 is 1.11 bits per heavy atom. The van der Waals surface area contributed by atoms with Crippen molar-refractivity contribution < 1.29 is 17.1 Å². The molecule has 0 unspecified atom stereocenters. The van der Waals surface area contributed by atoms with Gasteiger partial charge >= 0.3 is 167 Å². The fraction of sp³-hybridized carbons (Fsp3) is 0.250. The number of hydrogen-bond acceptors (Lipinski definition) is 0. The predicted octanol–water partition coefficient (Wildman–Crippen LogP) is 3.97. The molecule has 1 saturated carbocycles. The van der Waals surface area contributed by atoms with Gasteiger partial charge in [-0.3, -0.25) is 0 Å². The molecular weight excluding hydrogens is 455 g/mol. The van der Waals surface area contributed by atoms with E-state index in [-0.39, 0.29) is 17.1 Å². The van der Waals surface area contributed by atoms with Gasteiger partial charge in [0.1, 0.15) is 0 Å². The fourth-order valence-electron chi connectivity index (χ4n) is 4.73. The second-order valence-electron chi connectivity index (χ2n) is 7.41. The van der Waals surface area contributed by atoms with Gasteiger partial charge in [0.2, 0.25) is 0 Å². The quantitative estimate of drug-likeness (QED) is 0.390. The first-order valence-corrected chi connectivity index (χ1v) is 12.7. The van der Waals surface area contributed by atoms with Crippen LogP contribution in [0.15, 0.2) is 84.9 Å². The summed E-state index contributed by atoms with van der Waals surface area (Å²) in [5.74, 6) is 0. The van der Waals surface area contributed by atoms with E-state index in [1.807, 2.05) is 0 Å². The third kappa shape index (κ3) is 4.28. The van der Waals surface area contributed by atoms with E-state index in [1.165, 1.54) is 48.6 Å². The summed E-state index contributed by atoms with van der Waals surface area (Å²) in [6.45, 7) is 0. The molecule has 1 aliphatic rings. The first kappa shape index (κ1) is 20.9. The molecule has 3 heteroatoms. The van der Waals surface area contributed by atoms with E-state index in [4.69, 9.17) is 0 Å². The van der Waals surface area contributed by atoms with Crippen molar-refractivity contribution in [3.05, 3.63) is 90.5 Å². The van der Waals surface area contributed by atoms with Crippen molar-refractivity contribution >= 4 is 39.4 Å². The Morgan fingerprint density at radius 1 is 0.630 bits per heavy atom. The SMILES string of the molecule is [Cu].[GeH2][c]1ccccc1C1([PH+](c2ccccc2)c2ccccc2)CCCCC1. The van der Waals surface area contributed by atoms with Gasteiger partial charge in [-0.05, 0) is 0 Å². The average molecular weight is 483 g/mol. The maximum absolute atomic E-state index is 2.45. The van der Waals surface area contributed by atoms with E-state index >= 15 is 0 Å². The van der Waals surface area contributed by atoms with Crippen LogP contribution in [0.4, 0.5) is 0 Å². The summed E-state index contributed by atoms with van der Waals surface area (Å²) in [4.78, 5) is 0. The monoisotopic (exact) mass is 483 g/mol. The molecule has 0 atom stereocenters. The molecule has 1 aliphatic carbocycles. The maximum atomic E-state index is 2.45. The van der Waals surface area contributed by atoms with E-state index in [0.29, 0.717) is 5.16 Å². The minimum absolute atomic E-state index is 0. The minimum atomic E-state index is -0.914. The molecule has 4 rings (SSSR count). The Kier molecular flexibility index (Phi) is 7.40. The van der Waals surface area contributed by atoms with E-state index in [2.05, 4.69) is 84.9 Å². The molecule has 0 amide bonds. The summed E-state index contributed by atoms with van der Waals surface area (Å²) in [5.41, 5.74) is 1.65. The van der Waals surface area contributed by atoms with Crippen LogP contribution in [0.5, 0.6) is 0 Å². The fourth-order valence-corrected chi connectivity index (χ4v) is 10.2. The number of hydrogen-bond donors (Lipinski definition) is 0. The molecular formula is C24H27CuGeP+. The van der Waals surface area contributed by atoms with Crippen molar-refractivity contribution in [1.29, 1.82) is 0 Å². The van der Waals surface area contributed by atoms with Crippen molar-refractivity contribution in [1.82, 2.24) is 0 Å². The molecule has 27 heavy (non-hydrogen) atoms. The van der Waals surface area contributed by atoms with Gasteiger partial charge in [0.15, 0.2) is 0 Å². The van der Waals surface area contributed by atoms with Crippen molar-refractivity contribution in [3.8, 4) is 0 Å². The normalized spacial score (nSPS) is 15.9. The Balaban J connectivity index is 0.00000210. The van der Waals surface area contributed by atoms with E-state index in [0.717, 1.165) is 0 Å². The Hall–Kier alpha value is -0.848. The van der Waals surface area contributed by atoms with Gasteiger partial charge in [-0.15, -0.1) is 0 Å². The van der Waals surface area contributed by atoms with Crippen molar-refractivity contribution in [2.75, 3.05) is 0 Å². The molecule has 0 N–H and O–H groups in total. The average Bonchev–Trinajstić information content (AvgIpc) is 2.71. The van der Waals surface area contributed by atoms with E-state index in [9.17, 15) is 0 Å². The first-order valence-electron chi connectivity index (χ1n) is 9.71. The van der Waals surface area contributed by atoms with Gasteiger partial charge in [0.25, 0.3) is 0 Å². The molecule has 0 bridgehead atoms. The molecule has 0 heterocycles. The molecule has 3 aromatic carbocycles. The van der Waals surface area contributed by atoms with Crippen LogP contribution in [-0.2, 0) is 22.2 Å². The van der Waals surface area contributed by atoms with Gasteiger partial charge in [0, 0.05) is 17.1 Å². The van der Waals surface area contributed by atoms with Crippen LogP contribution in [0, 0.1) is 0 Å². The zero-order valence-electron chi connectivity index (χ0n) is 15.6. The van der Waals surface area contributed by atoms with Crippen LogP contribution in [0.1, 0.15) is 37.7 Å². The number of rotatable bonds is 4. The second-order valence-corrected chi connectivity index (χ2v) is 11.9. The summed E-state index contributed by atoms with van der Waals surface area (Å²) < 4.78 is 1.59. The Bertz CT molecular complexity index is 805. The van der Waals surface area contributed by atoms with Crippen molar-refractivity contribution in [2.45, 2.75) is 37.3 Å². The molecule has 2 radical (unpaired) electrons. The Labute approximate surface area is 183 Å². The van der Waals surface area contributed by atoms with Crippen LogP contribution in [0.25, 0.3) is 0 Å². The van der Waals surface area contributed by atoms with Gasteiger partial charge < -0.3 is 0 Å². The van der Waals surface area contributed by atoms with Crippen molar-refractivity contribution in [3.63, 3.8) is 0 Å². The predicted molar refractivity (Wildman–Crippen MR) is 120 cm³/mol. The topological polar surface area (TPSA) is 0 Å². The summed E-state index contributed by atoms with van der Waals surface area (Å²) in [7, 11) is -0.914. The third-order valence-electron chi connectivity index (χ3n) is 5.84. The van der Waals surface area contributed by atoms with E-state index < -0.39 is 7.92 Å². The van der Waals surface area contributed by atoms with Gasteiger partial charge in [-0.25, -0.2) is 0 Å². The molecule has 0 aliphatic heterocycles. The zero-order valence-corrected chi connectivity index (χ0v) is 20.5. The summed E-state index contributed by atoms with van der Waals surface area (Å²) in [6.07, 6.45) is 6.79. The van der Waals surface area contributed by atoms with Crippen LogP contribution in [0.2, 0.25) is 0 Å². The number of benzene rings is 3. The summed E-state index contributed by atoms with van der Waals surface area (Å²) in [6, 6.07) is 32.0. The summed E-state index contributed by atoms with van der Waals surface area (Å²) >= 11 is 1.25. The standard InChI is InChI=1S/C24H26GeP.Cu/c25-23-17-9-8-16-22(23)24(18-10-3-11-19-24)26(20-12-4-1-5-13-20)21-14-6-2-7-15-21;/h1-2,4-9,12-17H,3,10-11,18-19,25H2;/p+1. The molecule has 1 fully saturated rings. The van der Waals surface area contributed by atoms with Crippen LogP contribution in [0.3, 0.4) is 0 Å². The van der Waals surface area contributed by atoms with Gasteiger partial charge in [0.05, 0.1) is 0 Å². The van der Waals surface area contributed by atoms with Gasteiger partial charge in [-0.2, -0.15) is 0 Å². The Morgan fingerprint density at radius 3 is 1.63 bits per heavy atom. The zero-order chi connectivity index (χ0) is 17.8. The molecule has 142 valence electrons. The molecule has 0 spiro atoms. The molecule has 0 aromatic heterocycles. The first-order chi connectivity index (χ1) is 12.8. The van der Waals surface area contributed by atoms with Crippen LogP contribution >= 0.6 is 7.92 Å². The summed E-state index contributed by atoms with van der Waals surface area (Å²) in [5, 5.41) is 3.45. The molecule has 3 aromatic rings. The second kappa shape index (κ2) is 9.57. The van der Waals surface area contributed by atoms with Gasteiger partial charge in [-0.1, -0.05) is 0 Å². The van der Waals surface area contributed by atoms with E-state index in [1.54, 1.807) is 20.6 Å². The van der Waals surface area contributed by atoms with Crippen LogP contribution in [-0.4, -0.2) is 16.5 Å². The van der Waals surface area contributed by atoms with Crippen molar-refractivity contribution in [2.24, 2.45) is 0 Å². The molecule has 0 saturated heterocycles. The molecule has 0 nitrogen and oxygen atoms in total. The third-order valence-corrected chi connectivity index (χ3v) is 10.7.